The minimum Gasteiger partial charge on any atom is -0.352 e. The molecule has 1 saturated heterocycles. The van der Waals surface area contributed by atoms with Gasteiger partial charge in [-0.1, -0.05) is 6.07 Å². The van der Waals surface area contributed by atoms with Crippen molar-refractivity contribution in [2.24, 2.45) is 5.92 Å². The van der Waals surface area contributed by atoms with E-state index in [2.05, 4.69) is 15.3 Å². The smallest absolute Gasteiger partial charge is 0.325 e. The highest BCUT2D eigenvalue weighted by atomic mass is 32.2. The van der Waals surface area contributed by atoms with Crippen molar-refractivity contribution in [3.8, 4) is 0 Å². The van der Waals surface area contributed by atoms with Gasteiger partial charge in [-0.2, -0.15) is 4.31 Å². The molecule has 2 aromatic rings. The second-order valence-electron chi connectivity index (χ2n) is 8.08. The van der Waals surface area contributed by atoms with Gasteiger partial charge in [-0.25, -0.2) is 13.2 Å². The third kappa shape index (κ3) is 4.64. The highest BCUT2D eigenvalue weighted by molar-refractivity contribution is 7.89. The summed E-state index contributed by atoms with van der Waals surface area (Å²) in [6.07, 6.45) is 2.07. The number of rotatable bonds is 5. The van der Waals surface area contributed by atoms with E-state index in [1.807, 2.05) is 33.8 Å². The predicted octanol–water partition coefficient (Wildman–Crippen LogP) is 1.01. The molecule has 1 aliphatic heterocycles. The van der Waals surface area contributed by atoms with Crippen LogP contribution in [0.15, 0.2) is 26.7 Å². The number of H-pyrrole nitrogens is 2. The van der Waals surface area contributed by atoms with Gasteiger partial charge in [-0.15, -0.1) is 0 Å². The Kier molecular flexibility index (Phi) is 6.51. The Morgan fingerprint density at radius 1 is 1.10 bits per heavy atom. The summed E-state index contributed by atoms with van der Waals surface area (Å²) in [6, 6.07) is 1.99. The van der Waals surface area contributed by atoms with Gasteiger partial charge in [-0.3, -0.25) is 14.6 Å². The van der Waals surface area contributed by atoms with Crippen LogP contribution in [0.1, 0.15) is 40.7 Å². The standard InChI is InChI=1S/C21H28N4O5S/c1-12-9-13(2)15(4)18(14(12)3)31(29,30)25-7-5-16(6-8-25)19(26)22-10-17-11-23-21(28)24-20(17)27/h9,11,16H,5-8,10H2,1-4H3,(H,22,26)(H2,23,24,27,28). The number of carbonyl (C=O) groups excluding carboxylic acids is 1. The van der Waals surface area contributed by atoms with Gasteiger partial charge < -0.3 is 10.3 Å². The first-order valence-electron chi connectivity index (χ1n) is 10.2. The molecule has 3 N–H and O–H groups in total. The number of benzene rings is 1. The van der Waals surface area contributed by atoms with Gasteiger partial charge in [0.2, 0.25) is 15.9 Å². The zero-order valence-corrected chi connectivity index (χ0v) is 19.0. The maximum Gasteiger partial charge on any atom is 0.325 e. The average Bonchev–Trinajstić information content (AvgIpc) is 2.71. The fourth-order valence-corrected chi connectivity index (χ4v) is 6.00. The SMILES string of the molecule is Cc1cc(C)c(C)c(S(=O)(=O)N2CCC(C(=O)NCc3c[nH]c(=O)[nH]c3=O)CC2)c1C. The number of sulfonamides is 1. The van der Waals surface area contributed by atoms with Crippen molar-refractivity contribution >= 4 is 15.9 Å². The van der Waals surface area contributed by atoms with Gasteiger partial charge in [0, 0.05) is 31.7 Å². The van der Waals surface area contributed by atoms with E-state index in [1.54, 1.807) is 0 Å². The molecule has 1 fully saturated rings. The molecule has 1 aromatic heterocycles. The molecule has 3 rings (SSSR count). The van der Waals surface area contributed by atoms with E-state index < -0.39 is 21.3 Å². The number of amides is 1. The van der Waals surface area contributed by atoms with Crippen molar-refractivity contribution in [3.05, 3.63) is 60.9 Å². The number of carbonyl (C=O) groups is 1. The molecule has 0 spiro atoms. The van der Waals surface area contributed by atoms with E-state index in [4.69, 9.17) is 0 Å². The summed E-state index contributed by atoms with van der Waals surface area (Å²) in [4.78, 5) is 40.1. The molecule has 0 radical (unpaired) electrons. The molecule has 31 heavy (non-hydrogen) atoms. The zero-order chi connectivity index (χ0) is 22.9. The lowest BCUT2D eigenvalue weighted by Crippen LogP contribution is -2.43. The van der Waals surface area contributed by atoms with Crippen LogP contribution in [-0.4, -0.2) is 41.7 Å². The van der Waals surface area contributed by atoms with E-state index in [9.17, 15) is 22.8 Å². The molecule has 9 nitrogen and oxygen atoms in total. The summed E-state index contributed by atoms with van der Waals surface area (Å²) in [5, 5.41) is 2.70. The van der Waals surface area contributed by atoms with Crippen molar-refractivity contribution < 1.29 is 13.2 Å². The van der Waals surface area contributed by atoms with Crippen molar-refractivity contribution in [3.63, 3.8) is 0 Å². The quantitative estimate of drug-likeness (QED) is 0.628. The maximum absolute atomic E-state index is 13.3. The molecule has 0 atom stereocenters. The number of hydrogen-bond acceptors (Lipinski definition) is 5. The zero-order valence-electron chi connectivity index (χ0n) is 18.2. The summed E-state index contributed by atoms with van der Waals surface area (Å²) in [5.74, 6) is -0.573. The Labute approximate surface area is 180 Å². The van der Waals surface area contributed by atoms with Crippen LogP contribution in [0, 0.1) is 33.6 Å². The summed E-state index contributed by atoms with van der Waals surface area (Å²) in [5.41, 5.74) is 2.48. The predicted molar refractivity (Wildman–Crippen MR) is 116 cm³/mol. The Balaban J connectivity index is 1.67. The Morgan fingerprint density at radius 2 is 1.68 bits per heavy atom. The van der Waals surface area contributed by atoms with Gasteiger partial charge in [0.15, 0.2) is 0 Å². The van der Waals surface area contributed by atoms with Crippen LogP contribution in [0.4, 0.5) is 0 Å². The fraction of sp³-hybridized carbons (Fsp3) is 0.476. The normalized spacial score (nSPS) is 15.7. The molecule has 2 heterocycles. The van der Waals surface area contributed by atoms with Crippen molar-refractivity contribution in [2.45, 2.75) is 52.0 Å². The number of nitrogens with zero attached hydrogens (tertiary/aromatic N) is 1. The topological polar surface area (TPSA) is 132 Å². The molecular formula is C21H28N4O5S. The molecule has 0 saturated carbocycles. The molecule has 10 heteroatoms. The Hall–Kier alpha value is -2.72. The lowest BCUT2D eigenvalue weighted by Gasteiger charge is -2.31. The third-order valence-electron chi connectivity index (χ3n) is 6.07. The Bertz CT molecular complexity index is 1200. The first-order valence-corrected chi connectivity index (χ1v) is 11.6. The molecule has 1 aliphatic rings. The number of aromatic amines is 2. The summed E-state index contributed by atoms with van der Waals surface area (Å²) in [6.45, 7) is 7.97. The second-order valence-corrected chi connectivity index (χ2v) is 9.96. The van der Waals surface area contributed by atoms with E-state index in [1.165, 1.54) is 10.5 Å². The van der Waals surface area contributed by atoms with Gasteiger partial charge in [0.25, 0.3) is 5.56 Å². The second kappa shape index (κ2) is 8.80. The highest BCUT2D eigenvalue weighted by Crippen LogP contribution is 2.31. The maximum atomic E-state index is 13.3. The number of piperidine rings is 1. The van der Waals surface area contributed by atoms with E-state index in [0.717, 1.165) is 22.3 Å². The Morgan fingerprint density at radius 3 is 2.23 bits per heavy atom. The van der Waals surface area contributed by atoms with Crippen LogP contribution in [0.2, 0.25) is 0 Å². The van der Waals surface area contributed by atoms with Crippen molar-refractivity contribution in [1.29, 1.82) is 0 Å². The minimum absolute atomic E-state index is 0.00951. The molecule has 1 amide bonds. The molecule has 0 aliphatic carbocycles. The van der Waals surface area contributed by atoms with E-state index in [-0.39, 0.29) is 37.0 Å². The molecule has 1 aromatic carbocycles. The molecule has 168 valence electrons. The average molecular weight is 449 g/mol. The first-order chi connectivity index (χ1) is 14.5. The number of aromatic nitrogens is 2. The lowest BCUT2D eigenvalue weighted by atomic mass is 9.97. The number of hydrogen-bond donors (Lipinski definition) is 3. The summed E-state index contributed by atoms with van der Waals surface area (Å²) >= 11 is 0. The van der Waals surface area contributed by atoms with Gasteiger partial charge in [0.05, 0.1) is 10.5 Å². The highest BCUT2D eigenvalue weighted by Gasteiger charge is 2.34. The molecule has 0 bridgehead atoms. The van der Waals surface area contributed by atoms with Crippen molar-refractivity contribution in [2.75, 3.05) is 13.1 Å². The number of nitrogens with one attached hydrogen (secondary N) is 3. The number of aryl methyl sites for hydroxylation is 2. The van der Waals surface area contributed by atoms with Crippen LogP contribution in [0.5, 0.6) is 0 Å². The van der Waals surface area contributed by atoms with Crippen LogP contribution in [0.3, 0.4) is 0 Å². The molecule has 0 unspecified atom stereocenters. The monoisotopic (exact) mass is 448 g/mol. The summed E-state index contributed by atoms with van der Waals surface area (Å²) in [7, 11) is -3.66. The van der Waals surface area contributed by atoms with Crippen LogP contribution in [-0.2, 0) is 21.4 Å². The van der Waals surface area contributed by atoms with Gasteiger partial charge in [0.1, 0.15) is 0 Å². The molecular weight excluding hydrogens is 420 g/mol. The van der Waals surface area contributed by atoms with Crippen LogP contribution >= 0.6 is 0 Å². The van der Waals surface area contributed by atoms with E-state index in [0.29, 0.717) is 17.7 Å². The first kappa shape index (κ1) is 23.0. The van der Waals surface area contributed by atoms with Crippen LogP contribution < -0.4 is 16.6 Å². The largest absolute Gasteiger partial charge is 0.352 e. The van der Waals surface area contributed by atoms with E-state index >= 15 is 0 Å². The van der Waals surface area contributed by atoms with Crippen molar-refractivity contribution in [1.82, 2.24) is 19.6 Å². The van der Waals surface area contributed by atoms with Gasteiger partial charge in [-0.05, 0) is 62.8 Å². The minimum atomic E-state index is -3.66. The lowest BCUT2D eigenvalue weighted by molar-refractivity contribution is -0.126. The fourth-order valence-electron chi connectivity index (χ4n) is 3.95. The van der Waals surface area contributed by atoms with Gasteiger partial charge >= 0.3 is 5.69 Å². The summed E-state index contributed by atoms with van der Waals surface area (Å²) < 4.78 is 28.1. The van der Waals surface area contributed by atoms with Crippen LogP contribution in [0.25, 0.3) is 0 Å². The third-order valence-corrected chi connectivity index (χ3v) is 8.24.